The van der Waals surface area contributed by atoms with Crippen molar-refractivity contribution in [2.45, 2.75) is 51.6 Å². The predicted octanol–water partition coefficient (Wildman–Crippen LogP) is 4.74. The number of anilines is 1. The van der Waals surface area contributed by atoms with Crippen LogP contribution in [-0.2, 0) is 4.79 Å². The number of furan rings is 1. The van der Waals surface area contributed by atoms with Gasteiger partial charge in [-0.25, -0.2) is 0 Å². The number of benzene rings is 1. The van der Waals surface area contributed by atoms with Crippen LogP contribution in [0.5, 0.6) is 0 Å². The first kappa shape index (κ1) is 20.8. The molecule has 1 N–H and O–H groups in total. The molecule has 2 heterocycles. The lowest BCUT2D eigenvalue weighted by molar-refractivity contribution is -0.123. The van der Waals surface area contributed by atoms with Gasteiger partial charge in [0, 0.05) is 29.7 Å². The van der Waals surface area contributed by atoms with Gasteiger partial charge in [-0.05, 0) is 56.5 Å². The second-order valence-corrected chi connectivity index (χ2v) is 8.12. The van der Waals surface area contributed by atoms with Gasteiger partial charge in [0.25, 0.3) is 5.91 Å². The van der Waals surface area contributed by atoms with E-state index in [1.54, 1.807) is 30.6 Å². The number of nitrogens with zero attached hydrogens (tertiary/aromatic N) is 2. The molecule has 0 bridgehead atoms. The first-order chi connectivity index (χ1) is 15.0. The number of hydrogen-bond donors (Lipinski definition) is 1. The van der Waals surface area contributed by atoms with Gasteiger partial charge in [-0.3, -0.25) is 19.5 Å². The van der Waals surface area contributed by atoms with Crippen molar-refractivity contribution in [2.24, 2.45) is 0 Å². The Morgan fingerprint density at radius 1 is 1.13 bits per heavy atom. The summed E-state index contributed by atoms with van der Waals surface area (Å²) in [7, 11) is 0. The van der Waals surface area contributed by atoms with Crippen molar-refractivity contribution >= 4 is 17.5 Å². The van der Waals surface area contributed by atoms with E-state index in [1.807, 2.05) is 38.1 Å². The van der Waals surface area contributed by atoms with Crippen LogP contribution >= 0.6 is 0 Å². The third kappa shape index (κ3) is 4.53. The highest BCUT2D eigenvalue weighted by Crippen LogP contribution is 2.33. The van der Waals surface area contributed by atoms with E-state index in [0.717, 1.165) is 36.8 Å². The van der Waals surface area contributed by atoms with E-state index in [1.165, 1.54) is 11.2 Å². The van der Waals surface area contributed by atoms with E-state index in [2.05, 4.69) is 10.3 Å². The molecule has 2 amide bonds. The molecular formula is C25H27N3O3. The summed E-state index contributed by atoms with van der Waals surface area (Å²) >= 11 is 0. The van der Waals surface area contributed by atoms with Crippen LogP contribution in [0.1, 0.15) is 59.0 Å². The fraction of sp³-hybridized carbons (Fsp3) is 0.320. The quantitative estimate of drug-likeness (QED) is 0.629. The van der Waals surface area contributed by atoms with Crippen LogP contribution in [0.15, 0.2) is 65.5 Å². The zero-order valence-corrected chi connectivity index (χ0v) is 17.9. The van der Waals surface area contributed by atoms with Gasteiger partial charge >= 0.3 is 0 Å². The molecule has 1 aromatic carbocycles. The molecule has 4 rings (SSSR count). The Kier molecular flexibility index (Phi) is 6.16. The average Bonchev–Trinajstić information content (AvgIpc) is 3.47. The second-order valence-electron chi connectivity index (χ2n) is 8.12. The van der Waals surface area contributed by atoms with Crippen LogP contribution in [0.2, 0.25) is 0 Å². The number of pyridine rings is 1. The summed E-state index contributed by atoms with van der Waals surface area (Å²) < 4.78 is 5.42. The molecule has 1 atom stereocenters. The zero-order valence-electron chi connectivity index (χ0n) is 17.9. The number of aromatic nitrogens is 1. The van der Waals surface area contributed by atoms with Gasteiger partial charge in [-0.15, -0.1) is 0 Å². The van der Waals surface area contributed by atoms with Crippen LogP contribution < -0.4 is 10.2 Å². The first-order valence-electron chi connectivity index (χ1n) is 10.7. The predicted molar refractivity (Wildman–Crippen MR) is 119 cm³/mol. The SMILES string of the molecule is Cc1ccc(N(C(=O)c2ccco2)[C@H](C(=O)NC2CCCC2)c2cccnc2)c(C)c1. The molecular weight excluding hydrogens is 390 g/mol. The Morgan fingerprint density at radius 3 is 2.58 bits per heavy atom. The Hall–Kier alpha value is -3.41. The normalized spacial score (nSPS) is 14.9. The van der Waals surface area contributed by atoms with E-state index in [4.69, 9.17) is 4.42 Å². The standard InChI is InChI=1S/C25H27N3O3/c1-17-11-12-21(18(2)15-17)28(25(30)22-10-6-14-31-22)23(19-7-5-13-26-16-19)24(29)27-20-8-3-4-9-20/h5-7,10-16,20,23H,3-4,8-9H2,1-2H3,(H,27,29)/t23-/m0/s1. The molecule has 0 saturated heterocycles. The second kappa shape index (κ2) is 9.16. The van der Waals surface area contributed by atoms with Gasteiger partial charge in [-0.2, -0.15) is 0 Å². The summed E-state index contributed by atoms with van der Waals surface area (Å²) in [5.74, 6) is -0.394. The lowest BCUT2D eigenvalue weighted by Gasteiger charge is -2.32. The topological polar surface area (TPSA) is 75.4 Å². The van der Waals surface area contributed by atoms with Crippen molar-refractivity contribution in [3.63, 3.8) is 0 Å². The summed E-state index contributed by atoms with van der Waals surface area (Å²) in [5.41, 5.74) is 3.31. The molecule has 1 fully saturated rings. The molecule has 0 spiro atoms. The minimum atomic E-state index is -0.867. The Morgan fingerprint density at radius 2 is 1.94 bits per heavy atom. The number of carbonyl (C=O) groups excluding carboxylic acids is 2. The molecule has 1 aliphatic rings. The van der Waals surface area contributed by atoms with Crippen LogP contribution in [0.3, 0.4) is 0 Å². The number of rotatable bonds is 6. The fourth-order valence-electron chi connectivity index (χ4n) is 4.27. The maximum absolute atomic E-state index is 13.6. The van der Waals surface area contributed by atoms with Crippen molar-refractivity contribution in [1.82, 2.24) is 10.3 Å². The van der Waals surface area contributed by atoms with E-state index in [0.29, 0.717) is 11.3 Å². The Labute approximate surface area is 182 Å². The first-order valence-corrected chi connectivity index (χ1v) is 10.7. The van der Waals surface area contributed by atoms with Gasteiger partial charge in [0.15, 0.2) is 5.76 Å². The average molecular weight is 418 g/mol. The van der Waals surface area contributed by atoms with Crippen molar-refractivity contribution < 1.29 is 14.0 Å². The maximum Gasteiger partial charge on any atom is 0.294 e. The summed E-state index contributed by atoms with van der Waals surface area (Å²) in [4.78, 5) is 33.0. The summed E-state index contributed by atoms with van der Waals surface area (Å²) in [6, 6.07) is 12.0. The largest absolute Gasteiger partial charge is 0.459 e. The highest BCUT2D eigenvalue weighted by atomic mass is 16.3. The van der Waals surface area contributed by atoms with E-state index < -0.39 is 6.04 Å². The summed E-state index contributed by atoms with van der Waals surface area (Å²) in [5, 5.41) is 3.17. The fourth-order valence-corrected chi connectivity index (χ4v) is 4.27. The summed E-state index contributed by atoms with van der Waals surface area (Å²) in [6.07, 6.45) is 8.90. The molecule has 0 aliphatic heterocycles. The van der Waals surface area contributed by atoms with Crippen LogP contribution in [0, 0.1) is 13.8 Å². The zero-order chi connectivity index (χ0) is 21.8. The van der Waals surface area contributed by atoms with E-state index in [9.17, 15) is 9.59 Å². The van der Waals surface area contributed by atoms with Gasteiger partial charge < -0.3 is 9.73 Å². The lowest BCUT2D eigenvalue weighted by Crippen LogP contribution is -2.46. The molecule has 6 nitrogen and oxygen atoms in total. The smallest absolute Gasteiger partial charge is 0.294 e. The van der Waals surface area contributed by atoms with Gasteiger partial charge in [0.2, 0.25) is 5.91 Å². The molecule has 6 heteroatoms. The highest BCUT2D eigenvalue weighted by Gasteiger charge is 2.36. The molecule has 0 unspecified atom stereocenters. The monoisotopic (exact) mass is 417 g/mol. The number of aryl methyl sites for hydroxylation is 2. The maximum atomic E-state index is 13.6. The molecule has 0 radical (unpaired) electrons. The number of hydrogen-bond acceptors (Lipinski definition) is 4. The number of amides is 2. The minimum Gasteiger partial charge on any atom is -0.459 e. The van der Waals surface area contributed by atoms with Crippen LogP contribution in [0.4, 0.5) is 5.69 Å². The third-order valence-electron chi connectivity index (χ3n) is 5.77. The third-order valence-corrected chi connectivity index (χ3v) is 5.77. The molecule has 1 saturated carbocycles. The van der Waals surface area contributed by atoms with Crippen LogP contribution in [0.25, 0.3) is 0 Å². The molecule has 31 heavy (non-hydrogen) atoms. The summed E-state index contributed by atoms with van der Waals surface area (Å²) in [6.45, 7) is 3.95. The van der Waals surface area contributed by atoms with E-state index in [-0.39, 0.29) is 23.6 Å². The van der Waals surface area contributed by atoms with Crippen LogP contribution in [-0.4, -0.2) is 22.8 Å². The van der Waals surface area contributed by atoms with Gasteiger partial charge in [0.05, 0.1) is 6.26 Å². The van der Waals surface area contributed by atoms with Gasteiger partial charge in [-0.1, -0.05) is 36.6 Å². The minimum absolute atomic E-state index is 0.131. The van der Waals surface area contributed by atoms with Crippen molar-refractivity contribution in [2.75, 3.05) is 4.90 Å². The Bertz CT molecular complexity index is 1040. The van der Waals surface area contributed by atoms with Crippen molar-refractivity contribution in [3.05, 3.63) is 83.6 Å². The number of carbonyl (C=O) groups is 2. The highest BCUT2D eigenvalue weighted by molar-refractivity contribution is 6.09. The Balaban J connectivity index is 1.82. The van der Waals surface area contributed by atoms with E-state index >= 15 is 0 Å². The molecule has 2 aromatic heterocycles. The molecule has 3 aromatic rings. The van der Waals surface area contributed by atoms with Gasteiger partial charge in [0.1, 0.15) is 6.04 Å². The molecule has 1 aliphatic carbocycles. The van der Waals surface area contributed by atoms with Crippen molar-refractivity contribution in [1.29, 1.82) is 0 Å². The van der Waals surface area contributed by atoms with Crippen molar-refractivity contribution in [3.8, 4) is 0 Å². The number of nitrogens with one attached hydrogen (secondary N) is 1. The lowest BCUT2D eigenvalue weighted by atomic mass is 10.0. The molecule has 160 valence electrons.